The molecule has 42 heavy (non-hydrogen) atoms. The van der Waals surface area contributed by atoms with Crippen LogP contribution in [0.4, 0.5) is 11.4 Å². The molecule has 1 aliphatic heterocycles. The van der Waals surface area contributed by atoms with Gasteiger partial charge in [0.25, 0.3) is 11.8 Å². The van der Waals surface area contributed by atoms with Gasteiger partial charge in [-0.25, -0.2) is 0 Å². The average molecular weight is 618 g/mol. The monoisotopic (exact) mass is 616 g/mol. The van der Waals surface area contributed by atoms with E-state index in [-0.39, 0.29) is 17.3 Å². The Morgan fingerprint density at radius 1 is 0.762 bits per heavy atom. The second kappa shape index (κ2) is 12.4. The van der Waals surface area contributed by atoms with Crippen LogP contribution in [0.1, 0.15) is 22.3 Å². The number of amides is 2. The van der Waals surface area contributed by atoms with Crippen LogP contribution in [-0.4, -0.2) is 24.0 Å². The molecule has 1 aliphatic rings. The topological polar surface area (TPSA) is 59.1 Å². The van der Waals surface area contributed by atoms with E-state index in [0.717, 1.165) is 16.7 Å². The number of hydrogen-bond donors (Lipinski definition) is 0. The third-order valence-corrected chi connectivity index (χ3v) is 7.68. The maximum absolute atomic E-state index is 13.8. The third-order valence-electron chi connectivity index (χ3n) is 6.73. The highest BCUT2D eigenvalue weighted by Crippen LogP contribution is 2.33. The van der Waals surface area contributed by atoms with Crippen molar-refractivity contribution in [3.63, 3.8) is 0 Å². The van der Waals surface area contributed by atoms with Gasteiger partial charge in [-0.15, -0.1) is 0 Å². The Bertz CT molecular complexity index is 1650. The van der Waals surface area contributed by atoms with Gasteiger partial charge in [-0.3, -0.25) is 19.4 Å². The van der Waals surface area contributed by atoms with Crippen molar-refractivity contribution < 1.29 is 19.1 Å². The number of hydrogen-bond acceptors (Lipinski definition) is 5. The van der Waals surface area contributed by atoms with Gasteiger partial charge in [0.05, 0.1) is 18.5 Å². The molecule has 0 atom stereocenters. The maximum atomic E-state index is 13.8. The first kappa shape index (κ1) is 29.3. The van der Waals surface area contributed by atoms with Crippen LogP contribution in [0, 0.1) is 13.8 Å². The zero-order valence-electron chi connectivity index (χ0n) is 23.1. The molecule has 0 aromatic heterocycles. The first-order valence-electron chi connectivity index (χ1n) is 13.0. The first-order valence-corrected chi connectivity index (χ1v) is 14.2. The normalized spacial score (nSPS) is 13.5. The summed E-state index contributed by atoms with van der Waals surface area (Å²) in [7, 11) is 1.52. The predicted octanol–water partition coefficient (Wildman–Crippen LogP) is 7.95. The molecule has 4 aromatic carbocycles. The van der Waals surface area contributed by atoms with Gasteiger partial charge in [-0.1, -0.05) is 70.7 Å². The lowest BCUT2D eigenvalue weighted by molar-refractivity contribution is -0.120. The van der Waals surface area contributed by atoms with E-state index < -0.39 is 11.8 Å². The van der Waals surface area contributed by atoms with Crippen LogP contribution in [0.3, 0.4) is 0 Å². The summed E-state index contributed by atoms with van der Waals surface area (Å²) in [6, 6.07) is 25.1. The van der Waals surface area contributed by atoms with Gasteiger partial charge in [0.1, 0.15) is 12.2 Å². The molecule has 212 valence electrons. The maximum Gasteiger partial charge on any atom is 0.270 e. The summed E-state index contributed by atoms with van der Waals surface area (Å²) in [4.78, 5) is 30.5. The summed E-state index contributed by atoms with van der Waals surface area (Å²) < 4.78 is 11.5. The smallest absolute Gasteiger partial charge is 0.270 e. The van der Waals surface area contributed by atoms with Crippen LogP contribution in [0.15, 0.2) is 90.5 Å². The molecule has 0 bridgehead atoms. The van der Waals surface area contributed by atoms with Gasteiger partial charge in [0.2, 0.25) is 0 Å². The van der Waals surface area contributed by atoms with Crippen molar-refractivity contribution >= 4 is 69.8 Å². The fourth-order valence-electron chi connectivity index (χ4n) is 4.43. The van der Waals surface area contributed by atoms with Gasteiger partial charge >= 0.3 is 0 Å². The largest absolute Gasteiger partial charge is 0.493 e. The average Bonchev–Trinajstić information content (AvgIpc) is 2.97. The molecular weight excluding hydrogens is 591 g/mol. The number of aryl methyl sites for hydroxylation is 2. The standard InChI is InChI=1S/C33H26Cl2N2O4S/c1-20-4-11-25(12-5-20)36-31(38)27(32(39)37(33(36)42)26-13-6-21(2)7-14-26)16-22-8-15-29(30(17-22)40-3)41-19-23-9-10-24(34)18-28(23)35/h4-18H,19H2,1-3H3. The summed E-state index contributed by atoms with van der Waals surface area (Å²) in [6.07, 6.45) is 1.54. The van der Waals surface area contributed by atoms with Crippen LogP contribution in [0.5, 0.6) is 11.5 Å². The Morgan fingerprint density at radius 3 is 1.86 bits per heavy atom. The molecule has 1 saturated heterocycles. The summed E-state index contributed by atoms with van der Waals surface area (Å²) in [5.74, 6) is -0.148. The lowest BCUT2D eigenvalue weighted by Crippen LogP contribution is -2.56. The van der Waals surface area contributed by atoms with E-state index in [4.69, 9.17) is 44.9 Å². The van der Waals surface area contributed by atoms with Gasteiger partial charge in [0.15, 0.2) is 16.6 Å². The Hall–Kier alpha value is -4.17. The van der Waals surface area contributed by atoms with E-state index in [1.165, 1.54) is 23.0 Å². The minimum atomic E-state index is -0.520. The second-order valence-corrected chi connectivity index (χ2v) is 10.9. The zero-order valence-corrected chi connectivity index (χ0v) is 25.4. The number of carbonyl (C=O) groups excluding carboxylic acids is 2. The number of benzene rings is 4. The quantitative estimate of drug-likeness (QED) is 0.120. The van der Waals surface area contributed by atoms with Crippen LogP contribution >= 0.6 is 35.4 Å². The lowest BCUT2D eigenvalue weighted by Gasteiger charge is -2.36. The van der Waals surface area contributed by atoms with Crippen LogP contribution in [0.2, 0.25) is 10.0 Å². The van der Waals surface area contributed by atoms with E-state index in [9.17, 15) is 9.59 Å². The van der Waals surface area contributed by atoms with Crippen LogP contribution in [0.25, 0.3) is 6.08 Å². The Labute approximate surface area is 259 Å². The van der Waals surface area contributed by atoms with E-state index in [0.29, 0.717) is 38.5 Å². The highest BCUT2D eigenvalue weighted by molar-refractivity contribution is 7.81. The first-order chi connectivity index (χ1) is 20.2. The van der Waals surface area contributed by atoms with Crippen molar-refractivity contribution in [1.82, 2.24) is 0 Å². The minimum absolute atomic E-state index is 0.0478. The Kier molecular flexibility index (Phi) is 8.64. The third kappa shape index (κ3) is 6.04. The number of anilines is 2. The molecule has 0 aliphatic carbocycles. The van der Waals surface area contributed by atoms with Crippen molar-refractivity contribution in [2.24, 2.45) is 0 Å². The van der Waals surface area contributed by atoms with Gasteiger partial charge in [-0.2, -0.15) is 0 Å². The number of thiocarbonyl (C=S) groups is 1. The van der Waals surface area contributed by atoms with Gasteiger partial charge in [0, 0.05) is 15.6 Å². The molecule has 6 nitrogen and oxygen atoms in total. The molecule has 4 aromatic rings. The number of nitrogens with zero attached hydrogens (tertiary/aromatic N) is 2. The summed E-state index contributed by atoms with van der Waals surface area (Å²) >= 11 is 18.0. The predicted molar refractivity (Wildman–Crippen MR) is 172 cm³/mol. The second-order valence-electron chi connectivity index (χ2n) is 9.73. The molecule has 1 heterocycles. The summed E-state index contributed by atoms with van der Waals surface area (Å²) in [5, 5.41) is 1.11. The highest BCUT2D eigenvalue weighted by Gasteiger charge is 2.41. The van der Waals surface area contributed by atoms with Gasteiger partial charge < -0.3 is 9.47 Å². The molecule has 2 amide bonds. The van der Waals surface area contributed by atoms with Crippen LogP contribution in [-0.2, 0) is 16.2 Å². The van der Waals surface area contributed by atoms with E-state index >= 15 is 0 Å². The fraction of sp³-hybridized carbons (Fsp3) is 0.121. The zero-order chi connectivity index (χ0) is 30.0. The van der Waals surface area contributed by atoms with E-state index in [1.54, 1.807) is 36.4 Å². The molecule has 5 rings (SSSR count). The molecule has 9 heteroatoms. The lowest BCUT2D eigenvalue weighted by atomic mass is 10.0. The van der Waals surface area contributed by atoms with Crippen molar-refractivity contribution in [3.05, 3.63) is 123 Å². The van der Waals surface area contributed by atoms with Crippen molar-refractivity contribution in [2.75, 3.05) is 16.9 Å². The number of methoxy groups -OCH3 is 1. The van der Waals surface area contributed by atoms with Gasteiger partial charge in [-0.05, 0) is 86.2 Å². The highest BCUT2D eigenvalue weighted by atomic mass is 35.5. The minimum Gasteiger partial charge on any atom is -0.493 e. The van der Waals surface area contributed by atoms with E-state index in [1.807, 2.05) is 62.4 Å². The molecule has 0 unspecified atom stereocenters. The summed E-state index contributed by atoms with van der Waals surface area (Å²) in [6.45, 7) is 4.11. The fourth-order valence-corrected chi connectivity index (χ4v) is 5.27. The summed E-state index contributed by atoms with van der Waals surface area (Å²) in [5.41, 5.74) is 4.47. The van der Waals surface area contributed by atoms with Crippen molar-refractivity contribution in [3.8, 4) is 11.5 Å². The number of rotatable bonds is 7. The Morgan fingerprint density at radius 2 is 1.33 bits per heavy atom. The molecular formula is C33H26Cl2N2O4S. The van der Waals surface area contributed by atoms with Crippen molar-refractivity contribution in [1.29, 1.82) is 0 Å². The molecule has 0 saturated carbocycles. The Balaban J connectivity index is 1.51. The number of carbonyl (C=O) groups is 2. The SMILES string of the molecule is COc1cc(C=C2C(=O)N(c3ccc(C)cc3)C(=S)N(c3ccc(C)cc3)C2=O)ccc1OCc1ccc(Cl)cc1Cl. The van der Waals surface area contributed by atoms with E-state index in [2.05, 4.69) is 0 Å². The number of halogens is 2. The number of ether oxygens (including phenoxy) is 2. The molecule has 0 N–H and O–H groups in total. The molecule has 1 fully saturated rings. The molecule has 0 radical (unpaired) electrons. The molecule has 0 spiro atoms. The van der Waals surface area contributed by atoms with Crippen LogP contribution < -0.4 is 19.3 Å². The van der Waals surface area contributed by atoms with Crippen molar-refractivity contribution in [2.45, 2.75) is 20.5 Å².